The zero-order valence-electron chi connectivity index (χ0n) is 9.71. The van der Waals surface area contributed by atoms with E-state index in [1.807, 2.05) is 12.1 Å². The molecule has 1 aromatic carbocycles. The SMILES string of the molecule is Clc1cccc(CCCC2CCNCC2)c1. The van der Waals surface area contributed by atoms with Crippen molar-refractivity contribution in [2.24, 2.45) is 5.92 Å². The zero-order chi connectivity index (χ0) is 11.2. The van der Waals surface area contributed by atoms with Crippen LogP contribution in [0.25, 0.3) is 0 Å². The fraction of sp³-hybridized carbons (Fsp3) is 0.571. The van der Waals surface area contributed by atoms with E-state index < -0.39 is 0 Å². The summed E-state index contributed by atoms with van der Waals surface area (Å²) in [5, 5.41) is 4.27. The van der Waals surface area contributed by atoms with Crippen LogP contribution >= 0.6 is 11.6 Å². The van der Waals surface area contributed by atoms with Crippen molar-refractivity contribution in [2.45, 2.75) is 32.1 Å². The van der Waals surface area contributed by atoms with Crippen LogP contribution in [0.3, 0.4) is 0 Å². The van der Waals surface area contributed by atoms with Gasteiger partial charge in [-0.3, -0.25) is 0 Å². The molecule has 1 fully saturated rings. The highest BCUT2D eigenvalue weighted by atomic mass is 35.5. The normalized spacial score (nSPS) is 17.6. The summed E-state index contributed by atoms with van der Waals surface area (Å²) >= 11 is 5.96. The van der Waals surface area contributed by atoms with Gasteiger partial charge in [-0.1, -0.05) is 30.2 Å². The Balaban J connectivity index is 1.71. The second kappa shape index (κ2) is 6.27. The van der Waals surface area contributed by atoms with Crippen molar-refractivity contribution in [1.82, 2.24) is 5.32 Å². The smallest absolute Gasteiger partial charge is 0.0408 e. The first-order valence-corrected chi connectivity index (χ1v) is 6.67. The number of benzene rings is 1. The summed E-state index contributed by atoms with van der Waals surface area (Å²) in [6.45, 7) is 2.42. The second-order valence-corrected chi connectivity index (χ2v) is 5.15. The van der Waals surface area contributed by atoms with Crippen molar-refractivity contribution in [3.05, 3.63) is 34.9 Å². The van der Waals surface area contributed by atoms with Gasteiger partial charge < -0.3 is 5.32 Å². The van der Waals surface area contributed by atoms with Crippen LogP contribution in [0.4, 0.5) is 0 Å². The molecule has 0 radical (unpaired) electrons. The second-order valence-electron chi connectivity index (χ2n) is 4.72. The highest BCUT2D eigenvalue weighted by Crippen LogP contribution is 2.20. The molecule has 0 spiro atoms. The van der Waals surface area contributed by atoms with Gasteiger partial charge in [-0.2, -0.15) is 0 Å². The molecule has 1 aromatic rings. The largest absolute Gasteiger partial charge is 0.317 e. The first kappa shape index (κ1) is 11.9. The molecule has 1 heterocycles. The van der Waals surface area contributed by atoms with Crippen LogP contribution in [-0.2, 0) is 6.42 Å². The van der Waals surface area contributed by atoms with Crippen molar-refractivity contribution in [1.29, 1.82) is 0 Å². The third-order valence-electron chi connectivity index (χ3n) is 3.43. The molecule has 0 amide bonds. The molecule has 1 saturated heterocycles. The van der Waals surface area contributed by atoms with E-state index in [0.29, 0.717) is 0 Å². The van der Waals surface area contributed by atoms with Gasteiger partial charge in [0.2, 0.25) is 0 Å². The van der Waals surface area contributed by atoms with Gasteiger partial charge in [-0.05, 0) is 62.4 Å². The molecule has 0 unspecified atom stereocenters. The number of halogens is 1. The molecule has 2 heteroatoms. The van der Waals surface area contributed by atoms with Crippen molar-refractivity contribution < 1.29 is 0 Å². The minimum atomic E-state index is 0.861. The first-order chi connectivity index (χ1) is 7.84. The summed E-state index contributed by atoms with van der Waals surface area (Å²) in [5.74, 6) is 0.945. The van der Waals surface area contributed by atoms with Crippen LogP contribution in [-0.4, -0.2) is 13.1 Å². The zero-order valence-corrected chi connectivity index (χ0v) is 10.5. The van der Waals surface area contributed by atoms with Crippen LogP contribution < -0.4 is 5.32 Å². The Kier molecular flexibility index (Phi) is 4.68. The lowest BCUT2D eigenvalue weighted by atomic mass is 9.92. The Hall–Kier alpha value is -0.530. The molecule has 2 rings (SSSR count). The van der Waals surface area contributed by atoms with Gasteiger partial charge in [0.15, 0.2) is 0 Å². The van der Waals surface area contributed by atoms with E-state index in [1.54, 1.807) is 0 Å². The lowest BCUT2D eigenvalue weighted by Crippen LogP contribution is -2.27. The molecule has 0 saturated carbocycles. The minimum Gasteiger partial charge on any atom is -0.317 e. The van der Waals surface area contributed by atoms with Crippen molar-refractivity contribution in [3.8, 4) is 0 Å². The van der Waals surface area contributed by atoms with Gasteiger partial charge in [-0.15, -0.1) is 0 Å². The first-order valence-electron chi connectivity index (χ1n) is 6.30. The molecule has 0 atom stereocenters. The van der Waals surface area contributed by atoms with Crippen LogP contribution in [0.5, 0.6) is 0 Å². The third kappa shape index (κ3) is 3.80. The molecular weight excluding hydrogens is 218 g/mol. The predicted molar refractivity (Wildman–Crippen MR) is 70.0 cm³/mol. The highest BCUT2D eigenvalue weighted by Gasteiger charge is 2.12. The third-order valence-corrected chi connectivity index (χ3v) is 3.66. The molecule has 1 aliphatic heterocycles. The van der Waals surface area contributed by atoms with Gasteiger partial charge in [0.1, 0.15) is 0 Å². The van der Waals surface area contributed by atoms with Gasteiger partial charge in [-0.25, -0.2) is 0 Å². The number of hydrogen-bond acceptors (Lipinski definition) is 1. The van der Waals surface area contributed by atoms with Crippen LogP contribution in [0.15, 0.2) is 24.3 Å². The molecule has 16 heavy (non-hydrogen) atoms. The average Bonchev–Trinajstić information content (AvgIpc) is 2.30. The average molecular weight is 238 g/mol. The van der Waals surface area contributed by atoms with E-state index >= 15 is 0 Å². The highest BCUT2D eigenvalue weighted by molar-refractivity contribution is 6.30. The summed E-state index contributed by atoms with van der Waals surface area (Å²) in [6.07, 6.45) is 6.55. The molecular formula is C14H20ClN. The van der Waals surface area contributed by atoms with Gasteiger partial charge in [0.25, 0.3) is 0 Å². The Labute approximate surface area is 103 Å². The molecule has 0 aromatic heterocycles. The molecule has 0 bridgehead atoms. The summed E-state index contributed by atoms with van der Waals surface area (Å²) < 4.78 is 0. The predicted octanol–water partition coefficient (Wildman–Crippen LogP) is 3.66. The lowest BCUT2D eigenvalue weighted by Gasteiger charge is -2.22. The monoisotopic (exact) mass is 237 g/mol. The lowest BCUT2D eigenvalue weighted by molar-refractivity contribution is 0.347. The fourth-order valence-electron chi connectivity index (χ4n) is 2.46. The number of piperidine rings is 1. The van der Waals surface area contributed by atoms with E-state index in [9.17, 15) is 0 Å². The standard InChI is InChI=1S/C14H20ClN/c15-14-6-2-5-13(11-14)4-1-3-12-7-9-16-10-8-12/h2,5-6,11-12,16H,1,3-4,7-10H2. The van der Waals surface area contributed by atoms with E-state index in [2.05, 4.69) is 17.4 Å². The maximum absolute atomic E-state index is 5.96. The van der Waals surface area contributed by atoms with Gasteiger partial charge >= 0.3 is 0 Å². The Morgan fingerprint density at radius 3 is 2.81 bits per heavy atom. The number of nitrogens with one attached hydrogen (secondary N) is 1. The molecule has 88 valence electrons. The topological polar surface area (TPSA) is 12.0 Å². The molecule has 1 aliphatic rings. The Morgan fingerprint density at radius 1 is 1.25 bits per heavy atom. The molecule has 1 nitrogen and oxygen atoms in total. The fourth-order valence-corrected chi connectivity index (χ4v) is 2.67. The maximum Gasteiger partial charge on any atom is 0.0408 e. The summed E-state index contributed by atoms with van der Waals surface area (Å²) in [4.78, 5) is 0. The van der Waals surface area contributed by atoms with E-state index in [4.69, 9.17) is 11.6 Å². The summed E-state index contributed by atoms with van der Waals surface area (Å²) in [6, 6.07) is 8.25. The van der Waals surface area contributed by atoms with E-state index in [-0.39, 0.29) is 0 Å². The van der Waals surface area contributed by atoms with E-state index in [1.165, 1.54) is 50.8 Å². The number of hydrogen-bond donors (Lipinski definition) is 1. The van der Waals surface area contributed by atoms with Crippen molar-refractivity contribution >= 4 is 11.6 Å². The Bertz CT molecular complexity index is 318. The maximum atomic E-state index is 5.96. The quantitative estimate of drug-likeness (QED) is 0.843. The minimum absolute atomic E-state index is 0.861. The van der Waals surface area contributed by atoms with Crippen LogP contribution in [0.1, 0.15) is 31.2 Å². The molecule has 0 aliphatic carbocycles. The van der Waals surface area contributed by atoms with E-state index in [0.717, 1.165) is 10.9 Å². The summed E-state index contributed by atoms with van der Waals surface area (Å²) in [7, 11) is 0. The Morgan fingerprint density at radius 2 is 2.06 bits per heavy atom. The van der Waals surface area contributed by atoms with Crippen LogP contribution in [0, 0.1) is 5.92 Å². The van der Waals surface area contributed by atoms with Crippen molar-refractivity contribution in [2.75, 3.05) is 13.1 Å². The van der Waals surface area contributed by atoms with Gasteiger partial charge in [0, 0.05) is 5.02 Å². The summed E-state index contributed by atoms with van der Waals surface area (Å²) in [5.41, 5.74) is 1.38. The van der Waals surface area contributed by atoms with Gasteiger partial charge in [0.05, 0.1) is 0 Å². The van der Waals surface area contributed by atoms with Crippen molar-refractivity contribution in [3.63, 3.8) is 0 Å². The molecule has 1 N–H and O–H groups in total. The number of rotatable bonds is 4. The number of aryl methyl sites for hydroxylation is 1. The van der Waals surface area contributed by atoms with Crippen LogP contribution in [0.2, 0.25) is 5.02 Å².